The van der Waals surface area contributed by atoms with Crippen molar-refractivity contribution in [3.8, 4) is 0 Å². The molecule has 1 heterocycles. The van der Waals surface area contributed by atoms with Crippen LogP contribution in [0.2, 0.25) is 0 Å². The molecule has 0 aromatic rings. The molecule has 0 aliphatic carbocycles. The molecule has 0 amide bonds. The average Bonchev–Trinajstić information content (AvgIpc) is 2.40. The van der Waals surface area contributed by atoms with Crippen molar-refractivity contribution >= 4 is 0 Å². The lowest BCUT2D eigenvalue weighted by Gasteiger charge is -2.48. The lowest BCUT2D eigenvalue weighted by atomic mass is 9.83. The van der Waals surface area contributed by atoms with Crippen LogP contribution >= 0.6 is 0 Å². The van der Waals surface area contributed by atoms with Crippen molar-refractivity contribution < 1.29 is 0 Å². The molecule has 17 heavy (non-hydrogen) atoms. The Morgan fingerprint density at radius 3 is 2.47 bits per heavy atom. The van der Waals surface area contributed by atoms with Crippen LogP contribution in [0.15, 0.2) is 12.7 Å². The first-order valence-electron chi connectivity index (χ1n) is 7.22. The molecule has 0 aromatic heterocycles. The van der Waals surface area contributed by atoms with Gasteiger partial charge in [-0.3, -0.25) is 4.90 Å². The maximum absolute atomic E-state index is 3.85. The van der Waals surface area contributed by atoms with Gasteiger partial charge in [-0.1, -0.05) is 19.4 Å². The van der Waals surface area contributed by atoms with Gasteiger partial charge in [0.15, 0.2) is 0 Å². The van der Waals surface area contributed by atoms with E-state index in [1.807, 2.05) is 6.08 Å². The third-order valence-electron chi connectivity index (χ3n) is 4.55. The van der Waals surface area contributed by atoms with Crippen LogP contribution in [0, 0.1) is 0 Å². The predicted molar refractivity (Wildman–Crippen MR) is 76.4 cm³/mol. The van der Waals surface area contributed by atoms with Crippen LogP contribution < -0.4 is 5.32 Å². The lowest BCUT2D eigenvalue weighted by molar-refractivity contribution is 0.0429. The zero-order chi connectivity index (χ0) is 12.7. The van der Waals surface area contributed by atoms with Gasteiger partial charge in [-0.05, 0) is 59.2 Å². The Balaban J connectivity index is 2.71. The summed E-state index contributed by atoms with van der Waals surface area (Å²) in [5, 5.41) is 3.54. The Morgan fingerprint density at radius 2 is 2.00 bits per heavy atom. The molecule has 1 fully saturated rings. The highest BCUT2D eigenvalue weighted by molar-refractivity contribution is 4.97. The molecule has 2 atom stereocenters. The van der Waals surface area contributed by atoms with Crippen molar-refractivity contribution in [3.63, 3.8) is 0 Å². The van der Waals surface area contributed by atoms with Gasteiger partial charge < -0.3 is 5.32 Å². The highest BCUT2D eigenvalue weighted by atomic mass is 15.2. The predicted octanol–water partition coefficient (Wildman–Crippen LogP) is 3.20. The summed E-state index contributed by atoms with van der Waals surface area (Å²) in [5.41, 5.74) is 0.304. The van der Waals surface area contributed by atoms with Crippen molar-refractivity contribution in [2.24, 2.45) is 0 Å². The second-order valence-corrected chi connectivity index (χ2v) is 5.47. The van der Waals surface area contributed by atoms with Crippen LogP contribution in [0.4, 0.5) is 0 Å². The Kier molecular flexibility index (Phi) is 6.21. The zero-order valence-electron chi connectivity index (χ0n) is 12.0. The van der Waals surface area contributed by atoms with Crippen LogP contribution in [-0.2, 0) is 0 Å². The largest absolute Gasteiger partial charge is 0.315 e. The van der Waals surface area contributed by atoms with Crippen molar-refractivity contribution in [1.29, 1.82) is 0 Å². The molecule has 0 spiro atoms. The van der Waals surface area contributed by atoms with Crippen LogP contribution in [0.25, 0.3) is 0 Å². The molecule has 2 unspecified atom stereocenters. The summed E-state index contributed by atoms with van der Waals surface area (Å²) in [5.74, 6) is 0. The van der Waals surface area contributed by atoms with Crippen LogP contribution in [0.1, 0.15) is 52.4 Å². The van der Waals surface area contributed by atoms with Crippen molar-refractivity contribution in [2.45, 2.75) is 64.0 Å². The first-order chi connectivity index (χ1) is 8.19. The van der Waals surface area contributed by atoms with E-state index in [9.17, 15) is 0 Å². The lowest BCUT2D eigenvalue weighted by Crippen LogP contribution is -2.59. The fraction of sp³-hybridized carbons (Fsp3) is 0.867. The van der Waals surface area contributed by atoms with E-state index in [2.05, 4.69) is 37.7 Å². The van der Waals surface area contributed by atoms with Gasteiger partial charge in [0, 0.05) is 11.6 Å². The smallest absolute Gasteiger partial charge is 0.0331 e. The number of piperidine rings is 1. The molecular formula is C15H30N2. The minimum absolute atomic E-state index is 0.304. The van der Waals surface area contributed by atoms with E-state index in [-0.39, 0.29) is 0 Å². The maximum atomic E-state index is 3.85. The standard InChI is InChI=1S/C15H30N2/c1-5-7-11-14(16-4)15(3,6-2)17-12-9-8-10-13-17/h5,14,16H,1,6-13H2,2-4H3. The van der Waals surface area contributed by atoms with Gasteiger partial charge in [0.05, 0.1) is 0 Å². The van der Waals surface area contributed by atoms with Crippen LogP contribution in [0.3, 0.4) is 0 Å². The van der Waals surface area contributed by atoms with Gasteiger partial charge in [0.25, 0.3) is 0 Å². The third-order valence-corrected chi connectivity index (χ3v) is 4.55. The van der Waals surface area contributed by atoms with Gasteiger partial charge in [0.1, 0.15) is 0 Å². The van der Waals surface area contributed by atoms with Crippen molar-refractivity contribution in [3.05, 3.63) is 12.7 Å². The number of likely N-dealkylation sites (tertiary alicyclic amines) is 1. The zero-order valence-corrected chi connectivity index (χ0v) is 12.0. The van der Waals surface area contributed by atoms with Gasteiger partial charge in [-0.25, -0.2) is 0 Å². The summed E-state index contributed by atoms with van der Waals surface area (Å²) >= 11 is 0. The minimum Gasteiger partial charge on any atom is -0.315 e. The molecule has 2 nitrogen and oxygen atoms in total. The molecule has 0 aromatic carbocycles. The summed E-state index contributed by atoms with van der Waals surface area (Å²) in [7, 11) is 2.10. The Labute approximate surface area is 107 Å². The van der Waals surface area contributed by atoms with Crippen molar-refractivity contribution in [2.75, 3.05) is 20.1 Å². The highest BCUT2D eigenvalue weighted by Crippen LogP contribution is 2.29. The summed E-state index contributed by atoms with van der Waals surface area (Å²) in [4.78, 5) is 2.71. The summed E-state index contributed by atoms with van der Waals surface area (Å²) in [6, 6.07) is 0.573. The van der Waals surface area contributed by atoms with Crippen LogP contribution in [0.5, 0.6) is 0 Å². The van der Waals surface area contributed by atoms with E-state index in [0.717, 1.165) is 6.42 Å². The Bertz CT molecular complexity index is 221. The van der Waals surface area contributed by atoms with E-state index < -0.39 is 0 Å². The molecule has 0 radical (unpaired) electrons. The summed E-state index contributed by atoms with van der Waals surface area (Å²) in [6.45, 7) is 11.2. The molecule has 1 aliphatic heterocycles. The first kappa shape index (κ1) is 14.7. The minimum atomic E-state index is 0.304. The average molecular weight is 238 g/mol. The fourth-order valence-electron chi connectivity index (χ4n) is 3.15. The second-order valence-electron chi connectivity index (χ2n) is 5.47. The normalized spacial score (nSPS) is 23.0. The number of hydrogen-bond donors (Lipinski definition) is 1. The summed E-state index contributed by atoms with van der Waals surface area (Å²) < 4.78 is 0. The molecule has 1 rings (SSSR count). The van der Waals surface area contributed by atoms with Gasteiger partial charge in [-0.2, -0.15) is 0 Å². The van der Waals surface area contributed by atoms with E-state index >= 15 is 0 Å². The third kappa shape index (κ3) is 3.56. The van der Waals surface area contributed by atoms with Gasteiger partial charge in [-0.15, -0.1) is 6.58 Å². The molecule has 0 bridgehead atoms. The van der Waals surface area contributed by atoms with E-state index in [0.29, 0.717) is 11.6 Å². The topological polar surface area (TPSA) is 15.3 Å². The monoisotopic (exact) mass is 238 g/mol. The van der Waals surface area contributed by atoms with Gasteiger partial charge >= 0.3 is 0 Å². The molecule has 1 N–H and O–H groups in total. The van der Waals surface area contributed by atoms with E-state index in [1.165, 1.54) is 45.2 Å². The Hall–Kier alpha value is -0.340. The molecule has 1 saturated heterocycles. The van der Waals surface area contributed by atoms with Gasteiger partial charge in [0.2, 0.25) is 0 Å². The first-order valence-corrected chi connectivity index (χ1v) is 7.22. The molecule has 2 heteroatoms. The number of hydrogen-bond acceptors (Lipinski definition) is 2. The number of nitrogens with one attached hydrogen (secondary N) is 1. The Morgan fingerprint density at radius 1 is 1.35 bits per heavy atom. The molecule has 1 aliphatic rings. The molecular weight excluding hydrogens is 208 g/mol. The number of likely N-dealkylation sites (N-methyl/N-ethyl adjacent to an activating group) is 1. The maximum Gasteiger partial charge on any atom is 0.0331 e. The highest BCUT2D eigenvalue weighted by Gasteiger charge is 2.37. The fourth-order valence-corrected chi connectivity index (χ4v) is 3.15. The quantitative estimate of drug-likeness (QED) is 0.685. The molecule has 0 saturated carbocycles. The molecule has 100 valence electrons. The van der Waals surface area contributed by atoms with E-state index in [4.69, 9.17) is 0 Å². The van der Waals surface area contributed by atoms with Crippen LogP contribution in [-0.4, -0.2) is 36.6 Å². The van der Waals surface area contributed by atoms with Crippen molar-refractivity contribution in [1.82, 2.24) is 10.2 Å². The van der Waals surface area contributed by atoms with E-state index in [1.54, 1.807) is 0 Å². The number of rotatable bonds is 7. The number of allylic oxidation sites excluding steroid dienone is 1. The summed E-state index contributed by atoms with van der Waals surface area (Å²) in [6.07, 6.45) is 9.70. The second kappa shape index (κ2) is 7.17. The SMILES string of the molecule is C=CCCC(NC)C(C)(CC)N1CCCCC1. The number of nitrogens with zero attached hydrogens (tertiary/aromatic N) is 1.